The normalized spacial score (nSPS) is 11.6. The van der Waals surface area contributed by atoms with E-state index >= 15 is 0 Å². The summed E-state index contributed by atoms with van der Waals surface area (Å²) >= 11 is 0. The van der Waals surface area contributed by atoms with E-state index in [0.717, 1.165) is 6.07 Å². The molecule has 0 aliphatic carbocycles. The largest absolute Gasteiger partial charge is 0.489 e. The van der Waals surface area contributed by atoms with Crippen molar-refractivity contribution in [1.82, 2.24) is 0 Å². The molecule has 0 unspecified atom stereocenters. The van der Waals surface area contributed by atoms with Gasteiger partial charge in [-0.05, 0) is 30.7 Å². The van der Waals surface area contributed by atoms with Gasteiger partial charge in [-0.15, -0.1) is 0 Å². The van der Waals surface area contributed by atoms with Gasteiger partial charge < -0.3 is 13.9 Å². The van der Waals surface area contributed by atoms with E-state index in [1.807, 2.05) is 0 Å². The summed E-state index contributed by atoms with van der Waals surface area (Å²) in [6, 6.07) is 10.9. The lowest BCUT2D eigenvalue weighted by Gasteiger charge is -2.12. The Balaban J connectivity index is 1.80. The summed E-state index contributed by atoms with van der Waals surface area (Å²) in [5.41, 5.74) is 1.30. The van der Waals surface area contributed by atoms with E-state index in [-0.39, 0.29) is 42.0 Å². The lowest BCUT2D eigenvalue weighted by molar-refractivity contribution is -0.152. The van der Waals surface area contributed by atoms with Crippen molar-refractivity contribution in [2.45, 2.75) is 26.1 Å². The fourth-order valence-corrected chi connectivity index (χ4v) is 2.79. The van der Waals surface area contributed by atoms with Crippen molar-refractivity contribution in [1.29, 1.82) is 0 Å². The standard InChI is InChI=1S/C20H16BF3O4/c1-2-26-18(25)10-13-5-3-4-6-16(13)27-11-12-7-14-9-17(20(22,23)24)28-19(14)15(21)8-12/h3-9H,2,10-11H2,1H3. The van der Waals surface area contributed by atoms with Crippen LogP contribution in [0.1, 0.15) is 23.8 Å². The minimum Gasteiger partial charge on any atom is -0.489 e. The summed E-state index contributed by atoms with van der Waals surface area (Å²) in [5.74, 6) is -0.994. The number of benzene rings is 2. The van der Waals surface area contributed by atoms with Crippen LogP contribution in [0.4, 0.5) is 13.2 Å². The van der Waals surface area contributed by atoms with Gasteiger partial charge in [0.2, 0.25) is 5.76 Å². The molecule has 28 heavy (non-hydrogen) atoms. The predicted molar refractivity (Wildman–Crippen MR) is 97.7 cm³/mol. The number of para-hydroxylation sites is 1. The van der Waals surface area contributed by atoms with Gasteiger partial charge in [0, 0.05) is 10.9 Å². The summed E-state index contributed by atoms with van der Waals surface area (Å²) < 4.78 is 54.0. The summed E-state index contributed by atoms with van der Waals surface area (Å²) in [7, 11) is 5.83. The molecule has 0 spiro atoms. The van der Waals surface area contributed by atoms with Crippen LogP contribution in [0.3, 0.4) is 0 Å². The van der Waals surface area contributed by atoms with Crippen molar-refractivity contribution in [2.24, 2.45) is 0 Å². The van der Waals surface area contributed by atoms with E-state index < -0.39 is 11.9 Å². The molecule has 2 radical (unpaired) electrons. The number of carbonyl (C=O) groups is 1. The van der Waals surface area contributed by atoms with Gasteiger partial charge in [0.1, 0.15) is 25.8 Å². The first-order valence-corrected chi connectivity index (χ1v) is 8.53. The first-order valence-electron chi connectivity index (χ1n) is 8.53. The van der Waals surface area contributed by atoms with Gasteiger partial charge in [0.25, 0.3) is 0 Å². The van der Waals surface area contributed by atoms with Gasteiger partial charge in [-0.1, -0.05) is 29.7 Å². The molecule has 0 bridgehead atoms. The van der Waals surface area contributed by atoms with E-state index in [9.17, 15) is 18.0 Å². The van der Waals surface area contributed by atoms with E-state index in [1.54, 1.807) is 31.2 Å². The average molecular weight is 388 g/mol. The maximum atomic E-state index is 12.8. The Hall–Kier alpha value is -2.90. The molecule has 1 heterocycles. The monoisotopic (exact) mass is 388 g/mol. The maximum Gasteiger partial charge on any atom is 0.449 e. The van der Waals surface area contributed by atoms with Crippen LogP contribution in [-0.2, 0) is 28.7 Å². The number of hydrogen-bond donors (Lipinski definition) is 0. The van der Waals surface area contributed by atoms with Crippen LogP contribution in [0.25, 0.3) is 11.0 Å². The van der Waals surface area contributed by atoms with Crippen molar-refractivity contribution >= 4 is 30.2 Å². The molecular formula is C20H16BF3O4. The van der Waals surface area contributed by atoms with Gasteiger partial charge in [0.15, 0.2) is 0 Å². The smallest absolute Gasteiger partial charge is 0.449 e. The van der Waals surface area contributed by atoms with E-state index in [4.69, 9.17) is 21.7 Å². The molecule has 8 heteroatoms. The number of alkyl halides is 3. The van der Waals surface area contributed by atoms with Crippen LogP contribution in [0, 0.1) is 0 Å². The summed E-state index contributed by atoms with van der Waals surface area (Å²) in [4.78, 5) is 11.7. The van der Waals surface area contributed by atoms with E-state index in [0.29, 0.717) is 16.9 Å². The molecule has 0 amide bonds. The number of halogens is 3. The second kappa shape index (κ2) is 8.00. The highest BCUT2D eigenvalue weighted by Crippen LogP contribution is 2.33. The Morgan fingerprint density at radius 2 is 1.93 bits per heavy atom. The first-order chi connectivity index (χ1) is 13.3. The van der Waals surface area contributed by atoms with Gasteiger partial charge in [-0.2, -0.15) is 13.2 Å². The lowest BCUT2D eigenvalue weighted by Crippen LogP contribution is -2.10. The zero-order chi connectivity index (χ0) is 20.3. The van der Waals surface area contributed by atoms with E-state index in [1.165, 1.54) is 12.1 Å². The van der Waals surface area contributed by atoms with Crippen LogP contribution >= 0.6 is 0 Å². The number of hydrogen-bond acceptors (Lipinski definition) is 4. The Labute approximate surface area is 160 Å². The van der Waals surface area contributed by atoms with Crippen LogP contribution in [-0.4, -0.2) is 20.4 Å². The van der Waals surface area contributed by atoms with Gasteiger partial charge >= 0.3 is 12.1 Å². The van der Waals surface area contributed by atoms with Crippen LogP contribution in [0.15, 0.2) is 46.9 Å². The zero-order valence-corrected chi connectivity index (χ0v) is 15.0. The van der Waals surface area contributed by atoms with Gasteiger partial charge in [-0.25, -0.2) is 0 Å². The maximum absolute atomic E-state index is 12.8. The topological polar surface area (TPSA) is 48.7 Å². The highest BCUT2D eigenvalue weighted by molar-refractivity contribution is 6.38. The Morgan fingerprint density at radius 1 is 1.18 bits per heavy atom. The third kappa shape index (κ3) is 4.50. The number of ether oxygens (including phenoxy) is 2. The average Bonchev–Trinajstić information content (AvgIpc) is 3.06. The SMILES string of the molecule is [B]c1cc(COc2ccccc2CC(=O)OCC)cc2cc(C(F)(F)F)oc12. The molecule has 2 aromatic carbocycles. The van der Waals surface area contributed by atoms with Crippen molar-refractivity contribution < 1.29 is 31.9 Å². The van der Waals surface area contributed by atoms with Gasteiger partial charge in [-0.3, -0.25) is 4.79 Å². The molecule has 4 nitrogen and oxygen atoms in total. The molecule has 0 aliphatic heterocycles. The third-order valence-electron chi connectivity index (χ3n) is 3.99. The van der Waals surface area contributed by atoms with Crippen molar-refractivity contribution in [3.05, 3.63) is 59.4 Å². The number of esters is 1. The molecule has 0 saturated heterocycles. The summed E-state index contributed by atoms with van der Waals surface area (Å²) in [5, 5.41) is 0.241. The molecule has 144 valence electrons. The Morgan fingerprint density at radius 3 is 2.64 bits per heavy atom. The number of rotatable bonds is 6. The van der Waals surface area contributed by atoms with E-state index in [2.05, 4.69) is 0 Å². The highest BCUT2D eigenvalue weighted by atomic mass is 19.4. The van der Waals surface area contributed by atoms with Crippen molar-refractivity contribution in [2.75, 3.05) is 6.61 Å². The number of furan rings is 1. The minimum absolute atomic E-state index is 0.0150. The van der Waals surface area contributed by atoms with Gasteiger partial charge in [0.05, 0.1) is 13.0 Å². The molecule has 0 saturated carbocycles. The van der Waals surface area contributed by atoms with Crippen LogP contribution in [0.2, 0.25) is 0 Å². The minimum atomic E-state index is -4.59. The number of carbonyl (C=O) groups excluding carboxylic acids is 1. The molecule has 3 rings (SSSR count). The first kappa shape index (κ1) is 19.9. The van der Waals surface area contributed by atoms with Crippen molar-refractivity contribution in [3.63, 3.8) is 0 Å². The second-order valence-electron chi connectivity index (χ2n) is 6.09. The molecule has 0 N–H and O–H groups in total. The zero-order valence-electron chi connectivity index (χ0n) is 15.0. The highest BCUT2D eigenvalue weighted by Gasteiger charge is 2.35. The molecule has 0 aliphatic rings. The molecule has 0 fully saturated rings. The van der Waals surface area contributed by atoms with Crippen molar-refractivity contribution in [3.8, 4) is 5.75 Å². The quantitative estimate of drug-likeness (QED) is 0.474. The summed E-state index contributed by atoms with van der Waals surface area (Å²) in [6.45, 7) is 2.07. The Kier molecular flexibility index (Phi) is 5.67. The fraction of sp³-hybridized carbons (Fsp3) is 0.250. The van der Waals surface area contributed by atoms with Crippen LogP contribution < -0.4 is 10.2 Å². The fourth-order valence-electron chi connectivity index (χ4n) is 2.79. The predicted octanol–water partition coefficient (Wildman–Crippen LogP) is 3.93. The lowest BCUT2D eigenvalue weighted by atomic mass is 9.92. The molecule has 3 aromatic rings. The molecule has 0 atom stereocenters. The summed E-state index contributed by atoms with van der Waals surface area (Å²) in [6.07, 6.45) is -4.53. The van der Waals surface area contributed by atoms with Crippen LogP contribution in [0.5, 0.6) is 5.75 Å². The Bertz CT molecular complexity index is 995. The number of fused-ring (bicyclic) bond motifs is 1. The molecule has 1 aromatic heterocycles. The third-order valence-corrected chi connectivity index (χ3v) is 3.99. The molecular weight excluding hydrogens is 372 g/mol. The second-order valence-corrected chi connectivity index (χ2v) is 6.09.